The highest BCUT2D eigenvalue weighted by Gasteiger charge is 2.19. The van der Waals surface area contributed by atoms with E-state index in [4.69, 9.17) is 16.1 Å². The SMILES string of the molecule is Cn1c(=O)c(-c2noc(CCC(=O)Nc3cc(F)ccc3F)n2)nn(-c2ccc(Cl)cc2)c1=O. The van der Waals surface area contributed by atoms with Crippen LogP contribution >= 0.6 is 11.6 Å². The van der Waals surface area contributed by atoms with Gasteiger partial charge in [0.1, 0.15) is 11.6 Å². The average Bonchev–Trinajstić information content (AvgIpc) is 3.28. The summed E-state index contributed by atoms with van der Waals surface area (Å²) >= 11 is 5.88. The minimum atomic E-state index is -0.785. The van der Waals surface area contributed by atoms with Gasteiger partial charge < -0.3 is 9.84 Å². The van der Waals surface area contributed by atoms with E-state index in [1.807, 2.05) is 0 Å². The zero-order valence-electron chi connectivity index (χ0n) is 17.5. The lowest BCUT2D eigenvalue weighted by molar-refractivity contribution is -0.116. The molecule has 0 bridgehead atoms. The molecule has 1 N–H and O–H groups in total. The van der Waals surface area contributed by atoms with Gasteiger partial charge in [-0.15, -0.1) is 0 Å². The second-order valence-corrected chi connectivity index (χ2v) is 7.50. The molecule has 2 aromatic carbocycles. The van der Waals surface area contributed by atoms with Crippen molar-refractivity contribution in [3.8, 4) is 17.2 Å². The minimum Gasteiger partial charge on any atom is -0.339 e. The molecular weight excluding hydrogens is 474 g/mol. The number of aryl methyl sites for hydroxylation is 1. The number of carbonyl (C=O) groups is 1. The van der Waals surface area contributed by atoms with E-state index in [2.05, 4.69) is 20.6 Å². The van der Waals surface area contributed by atoms with Crippen LogP contribution in [0.15, 0.2) is 56.6 Å². The van der Waals surface area contributed by atoms with Gasteiger partial charge in [-0.1, -0.05) is 16.8 Å². The molecule has 0 fully saturated rings. The largest absolute Gasteiger partial charge is 0.351 e. The molecule has 0 radical (unpaired) electrons. The van der Waals surface area contributed by atoms with Gasteiger partial charge in [0, 0.05) is 31.0 Å². The number of amides is 1. The van der Waals surface area contributed by atoms with Crippen molar-refractivity contribution in [2.45, 2.75) is 12.8 Å². The van der Waals surface area contributed by atoms with Crippen molar-refractivity contribution >= 4 is 23.2 Å². The number of nitrogens with one attached hydrogen (secondary N) is 1. The normalized spacial score (nSPS) is 10.9. The third-order valence-corrected chi connectivity index (χ3v) is 4.95. The van der Waals surface area contributed by atoms with E-state index in [1.165, 1.54) is 7.05 Å². The van der Waals surface area contributed by atoms with Crippen LogP contribution < -0.4 is 16.6 Å². The Morgan fingerprint density at radius 1 is 1.15 bits per heavy atom. The van der Waals surface area contributed by atoms with E-state index in [0.29, 0.717) is 10.7 Å². The molecule has 10 nitrogen and oxygen atoms in total. The maximum atomic E-state index is 13.7. The standard InChI is InChI=1S/C21H15ClF2N6O4/c1-29-20(32)18(27-30(21(29)33)13-5-2-11(22)3-6-13)19-26-17(34-28-19)9-8-16(31)25-15-10-12(23)4-7-14(15)24/h2-7,10H,8-9H2,1H3,(H,25,31). The minimum absolute atomic E-state index is 0.00189. The van der Waals surface area contributed by atoms with Crippen LogP contribution in [0.25, 0.3) is 17.2 Å². The Bertz CT molecular complexity index is 1500. The first-order valence-corrected chi connectivity index (χ1v) is 10.1. The van der Waals surface area contributed by atoms with E-state index in [0.717, 1.165) is 27.4 Å². The Morgan fingerprint density at radius 2 is 1.88 bits per heavy atom. The van der Waals surface area contributed by atoms with E-state index in [9.17, 15) is 23.2 Å². The molecule has 0 saturated carbocycles. The maximum absolute atomic E-state index is 13.7. The third-order valence-electron chi connectivity index (χ3n) is 4.69. The van der Waals surface area contributed by atoms with E-state index in [-0.39, 0.29) is 35.9 Å². The Hall–Kier alpha value is -4.19. The zero-order valence-corrected chi connectivity index (χ0v) is 18.2. The number of carbonyl (C=O) groups excluding carboxylic acids is 1. The molecule has 0 aliphatic carbocycles. The van der Waals surface area contributed by atoms with Crippen LogP contribution in [0.1, 0.15) is 12.3 Å². The monoisotopic (exact) mass is 488 g/mol. The van der Waals surface area contributed by atoms with Crippen molar-refractivity contribution in [1.82, 2.24) is 24.5 Å². The van der Waals surface area contributed by atoms with Crippen LogP contribution in [0, 0.1) is 11.6 Å². The number of hydrogen-bond acceptors (Lipinski definition) is 7. The highest BCUT2D eigenvalue weighted by molar-refractivity contribution is 6.30. The molecule has 0 saturated heterocycles. The van der Waals surface area contributed by atoms with Gasteiger partial charge >= 0.3 is 5.69 Å². The summed E-state index contributed by atoms with van der Waals surface area (Å²) in [6.45, 7) is 0. The number of aromatic nitrogens is 5. The maximum Gasteiger partial charge on any atom is 0.351 e. The van der Waals surface area contributed by atoms with Crippen molar-refractivity contribution in [2.75, 3.05) is 5.32 Å². The van der Waals surface area contributed by atoms with E-state index >= 15 is 0 Å². The molecule has 0 aliphatic heterocycles. The van der Waals surface area contributed by atoms with Crippen LogP contribution in [0.2, 0.25) is 5.02 Å². The summed E-state index contributed by atoms with van der Waals surface area (Å²) in [5.74, 6) is -2.29. The number of nitrogens with zero attached hydrogens (tertiary/aromatic N) is 5. The molecule has 13 heteroatoms. The molecule has 2 aromatic heterocycles. The fourth-order valence-electron chi connectivity index (χ4n) is 2.94. The fraction of sp³-hybridized carbons (Fsp3) is 0.143. The van der Waals surface area contributed by atoms with E-state index < -0.39 is 28.8 Å². The second-order valence-electron chi connectivity index (χ2n) is 7.07. The van der Waals surface area contributed by atoms with Crippen molar-refractivity contribution < 1.29 is 18.1 Å². The average molecular weight is 489 g/mol. The van der Waals surface area contributed by atoms with Crippen molar-refractivity contribution in [3.63, 3.8) is 0 Å². The summed E-state index contributed by atoms with van der Waals surface area (Å²) in [5.41, 5.74) is -1.63. The highest BCUT2D eigenvalue weighted by atomic mass is 35.5. The van der Waals surface area contributed by atoms with E-state index in [1.54, 1.807) is 24.3 Å². The number of halogens is 3. The number of benzene rings is 2. The Balaban J connectivity index is 1.54. The number of rotatable bonds is 6. The highest BCUT2D eigenvalue weighted by Crippen LogP contribution is 2.16. The molecule has 34 heavy (non-hydrogen) atoms. The van der Waals surface area contributed by atoms with Gasteiger partial charge in [0.2, 0.25) is 17.6 Å². The quantitative estimate of drug-likeness (QED) is 0.442. The number of anilines is 1. The second kappa shape index (κ2) is 9.35. The molecule has 2 heterocycles. The van der Waals surface area contributed by atoms with Crippen molar-refractivity contribution in [1.29, 1.82) is 0 Å². The van der Waals surface area contributed by atoms with Crippen LogP contribution in [0.3, 0.4) is 0 Å². The summed E-state index contributed by atoms with van der Waals surface area (Å²) in [6, 6.07) is 8.89. The molecule has 4 rings (SSSR count). The summed E-state index contributed by atoms with van der Waals surface area (Å²) < 4.78 is 33.8. The summed E-state index contributed by atoms with van der Waals surface area (Å²) in [4.78, 5) is 41.2. The predicted molar refractivity (Wildman–Crippen MR) is 117 cm³/mol. The zero-order chi connectivity index (χ0) is 24.4. The number of hydrogen-bond donors (Lipinski definition) is 1. The Labute approximate surface area is 194 Å². The molecule has 174 valence electrons. The lowest BCUT2D eigenvalue weighted by Crippen LogP contribution is -2.40. The Kier molecular flexibility index (Phi) is 6.32. The summed E-state index contributed by atoms with van der Waals surface area (Å²) in [5, 5.41) is 10.5. The third kappa shape index (κ3) is 4.76. The molecule has 0 spiro atoms. The first-order chi connectivity index (χ1) is 16.2. The Morgan fingerprint density at radius 3 is 2.62 bits per heavy atom. The van der Waals surface area contributed by atoms with Crippen molar-refractivity contribution in [3.05, 3.63) is 85.9 Å². The topological polar surface area (TPSA) is 125 Å². The predicted octanol–water partition coefficient (Wildman–Crippen LogP) is 2.48. The molecule has 1 amide bonds. The van der Waals surface area contributed by atoms with Gasteiger partial charge in [-0.25, -0.2) is 13.6 Å². The molecular formula is C21H15ClF2N6O4. The van der Waals surface area contributed by atoms with Crippen LogP contribution in [-0.2, 0) is 18.3 Å². The summed E-state index contributed by atoms with van der Waals surface area (Å²) in [6.07, 6.45) is -0.236. The van der Waals surface area contributed by atoms with Gasteiger partial charge in [-0.05, 0) is 36.4 Å². The first kappa shape index (κ1) is 23.0. The molecule has 0 aliphatic rings. The lowest BCUT2D eigenvalue weighted by Gasteiger charge is -2.07. The smallest absolute Gasteiger partial charge is 0.339 e. The first-order valence-electron chi connectivity index (χ1n) is 9.77. The van der Waals surface area contributed by atoms with Gasteiger partial charge in [-0.3, -0.25) is 14.2 Å². The van der Waals surface area contributed by atoms with Gasteiger partial charge in [0.05, 0.1) is 11.4 Å². The lowest BCUT2D eigenvalue weighted by atomic mass is 10.2. The summed E-state index contributed by atoms with van der Waals surface area (Å²) in [7, 11) is 1.28. The van der Waals surface area contributed by atoms with Crippen LogP contribution in [-0.4, -0.2) is 30.4 Å². The van der Waals surface area contributed by atoms with Crippen LogP contribution in [0.4, 0.5) is 14.5 Å². The van der Waals surface area contributed by atoms with Crippen molar-refractivity contribution in [2.24, 2.45) is 7.05 Å². The van der Waals surface area contributed by atoms with Crippen LogP contribution in [0.5, 0.6) is 0 Å². The van der Waals surface area contributed by atoms with Gasteiger partial charge in [0.25, 0.3) is 5.56 Å². The fourth-order valence-corrected chi connectivity index (χ4v) is 3.07. The molecule has 0 atom stereocenters. The molecule has 0 unspecified atom stereocenters. The van der Waals surface area contributed by atoms with Gasteiger partial charge in [-0.2, -0.15) is 14.8 Å². The van der Waals surface area contributed by atoms with Gasteiger partial charge in [0.15, 0.2) is 5.69 Å². The molecule has 4 aromatic rings.